The maximum atomic E-state index is 12.6. The molecule has 2 fully saturated rings. The van der Waals surface area contributed by atoms with Gasteiger partial charge in [-0.05, 0) is 50.5 Å². The van der Waals surface area contributed by atoms with Crippen LogP contribution in [0.3, 0.4) is 0 Å². The van der Waals surface area contributed by atoms with Crippen LogP contribution in [0.1, 0.15) is 36.5 Å². The SMILES string of the molecule is CCOC(=O)C1CCN(C(=O)c2ccc(N3CCCS3(=O)=O)cc2)CC1. The van der Waals surface area contributed by atoms with Gasteiger partial charge in [0.25, 0.3) is 5.91 Å². The normalized spacial score (nSPS) is 20.2. The van der Waals surface area contributed by atoms with E-state index in [4.69, 9.17) is 4.74 Å². The topological polar surface area (TPSA) is 84.0 Å². The van der Waals surface area contributed by atoms with Gasteiger partial charge in [0.2, 0.25) is 10.0 Å². The summed E-state index contributed by atoms with van der Waals surface area (Å²) in [5.41, 5.74) is 1.12. The van der Waals surface area contributed by atoms with E-state index in [1.54, 1.807) is 36.1 Å². The van der Waals surface area contributed by atoms with Crippen LogP contribution < -0.4 is 4.31 Å². The van der Waals surface area contributed by atoms with Crippen LogP contribution >= 0.6 is 0 Å². The molecule has 0 saturated carbocycles. The van der Waals surface area contributed by atoms with Crippen LogP contribution in [0, 0.1) is 5.92 Å². The number of anilines is 1. The molecule has 2 saturated heterocycles. The fraction of sp³-hybridized carbons (Fsp3) is 0.556. The smallest absolute Gasteiger partial charge is 0.309 e. The molecule has 0 spiro atoms. The van der Waals surface area contributed by atoms with Crippen molar-refractivity contribution in [3.05, 3.63) is 29.8 Å². The summed E-state index contributed by atoms with van der Waals surface area (Å²) in [6, 6.07) is 6.70. The Bertz CT molecular complexity index is 767. The molecule has 0 unspecified atom stereocenters. The third-order valence-corrected chi connectivity index (χ3v) is 6.77. The quantitative estimate of drug-likeness (QED) is 0.742. The highest BCUT2D eigenvalue weighted by Gasteiger charge is 2.30. The van der Waals surface area contributed by atoms with Gasteiger partial charge < -0.3 is 9.64 Å². The lowest BCUT2D eigenvalue weighted by Crippen LogP contribution is -2.40. The van der Waals surface area contributed by atoms with Gasteiger partial charge in [-0.15, -0.1) is 0 Å². The fourth-order valence-corrected chi connectivity index (χ4v) is 5.03. The van der Waals surface area contributed by atoms with Crippen molar-refractivity contribution in [2.75, 3.05) is 36.3 Å². The summed E-state index contributed by atoms with van der Waals surface area (Å²) < 4.78 is 30.4. The highest BCUT2D eigenvalue weighted by Crippen LogP contribution is 2.25. The van der Waals surface area contributed by atoms with Crippen LogP contribution in [0.2, 0.25) is 0 Å². The molecule has 8 heteroatoms. The Morgan fingerprint density at radius 3 is 2.31 bits per heavy atom. The molecule has 0 N–H and O–H groups in total. The first-order chi connectivity index (χ1) is 12.4. The van der Waals surface area contributed by atoms with Gasteiger partial charge in [-0.1, -0.05) is 0 Å². The molecular formula is C18H24N2O5S. The standard InChI is InChI=1S/C18H24N2O5S/c1-2-25-18(22)15-8-11-19(12-9-15)17(21)14-4-6-16(7-5-14)20-10-3-13-26(20,23)24/h4-7,15H,2-3,8-13H2,1H3. The van der Waals surface area contributed by atoms with Crippen LogP contribution in [-0.4, -0.2) is 57.2 Å². The van der Waals surface area contributed by atoms with Gasteiger partial charge in [-0.25, -0.2) is 8.42 Å². The van der Waals surface area contributed by atoms with E-state index >= 15 is 0 Å². The molecule has 2 aliphatic heterocycles. The summed E-state index contributed by atoms with van der Waals surface area (Å²) in [5.74, 6) is -0.246. The van der Waals surface area contributed by atoms with E-state index in [0.29, 0.717) is 56.8 Å². The number of amides is 1. The first kappa shape index (κ1) is 18.7. The van der Waals surface area contributed by atoms with Gasteiger partial charge in [0.15, 0.2) is 0 Å². The van der Waals surface area contributed by atoms with Crippen molar-refractivity contribution < 1.29 is 22.7 Å². The number of ether oxygens (including phenoxy) is 1. The second-order valence-electron chi connectivity index (χ2n) is 6.61. The minimum absolute atomic E-state index is 0.0943. The molecule has 0 atom stereocenters. The molecule has 0 aliphatic carbocycles. The first-order valence-corrected chi connectivity index (χ1v) is 10.6. The van der Waals surface area contributed by atoms with Crippen molar-refractivity contribution >= 4 is 27.6 Å². The lowest BCUT2D eigenvalue weighted by atomic mass is 9.96. The summed E-state index contributed by atoms with van der Waals surface area (Å²) in [6.07, 6.45) is 1.84. The molecule has 1 aromatic carbocycles. The van der Waals surface area contributed by atoms with Crippen LogP contribution in [0.15, 0.2) is 24.3 Å². The maximum Gasteiger partial charge on any atom is 0.309 e. The number of likely N-dealkylation sites (tertiary alicyclic amines) is 1. The second-order valence-corrected chi connectivity index (χ2v) is 8.62. The Balaban J connectivity index is 1.62. The minimum Gasteiger partial charge on any atom is -0.466 e. The average molecular weight is 380 g/mol. The Kier molecular flexibility index (Phi) is 5.50. The van der Waals surface area contributed by atoms with E-state index in [1.165, 1.54) is 4.31 Å². The molecule has 1 aromatic rings. The van der Waals surface area contributed by atoms with Crippen LogP contribution in [0.25, 0.3) is 0 Å². The Morgan fingerprint density at radius 2 is 1.77 bits per heavy atom. The van der Waals surface area contributed by atoms with E-state index in [0.717, 1.165) is 0 Å². The van der Waals surface area contributed by atoms with E-state index in [-0.39, 0.29) is 23.5 Å². The van der Waals surface area contributed by atoms with Crippen molar-refractivity contribution in [1.82, 2.24) is 4.90 Å². The molecule has 142 valence electrons. The number of benzene rings is 1. The number of rotatable bonds is 4. The van der Waals surface area contributed by atoms with Gasteiger partial charge in [-0.2, -0.15) is 0 Å². The monoisotopic (exact) mass is 380 g/mol. The Labute approximate surface area is 154 Å². The molecule has 26 heavy (non-hydrogen) atoms. The zero-order valence-corrected chi connectivity index (χ0v) is 15.7. The van der Waals surface area contributed by atoms with E-state index in [9.17, 15) is 18.0 Å². The fourth-order valence-electron chi connectivity index (χ4n) is 3.46. The van der Waals surface area contributed by atoms with Crippen LogP contribution in [0.4, 0.5) is 5.69 Å². The lowest BCUT2D eigenvalue weighted by molar-refractivity contribution is -0.149. The molecule has 2 aliphatic rings. The summed E-state index contributed by atoms with van der Waals surface area (Å²) in [7, 11) is -3.22. The first-order valence-electron chi connectivity index (χ1n) is 8.99. The van der Waals surface area contributed by atoms with Crippen molar-refractivity contribution in [1.29, 1.82) is 0 Å². The average Bonchev–Trinajstić information content (AvgIpc) is 3.01. The number of carbonyl (C=O) groups is 2. The zero-order chi connectivity index (χ0) is 18.7. The van der Waals surface area contributed by atoms with E-state index in [1.807, 2.05) is 0 Å². The van der Waals surface area contributed by atoms with Gasteiger partial charge in [0.1, 0.15) is 0 Å². The minimum atomic E-state index is -3.22. The second kappa shape index (κ2) is 7.65. The highest BCUT2D eigenvalue weighted by atomic mass is 32.2. The predicted molar refractivity (Wildman–Crippen MR) is 97.5 cm³/mol. The number of carbonyl (C=O) groups excluding carboxylic acids is 2. The van der Waals surface area contributed by atoms with Gasteiger partial charge in [0, 0.05) is 25.2 Å². The summed E-state index contributed by atoms with van der Waals surface area (Å²) in [6.45, 7) is 3.68. The maximum absolute atomic E-state index is 12.6. The number of hydrogen-bond acceptors (Lipinski definition) is 5. The highest BCUT2D eigenvalue weighted by molar-refractivity contribution is 7.93. The zero-order valence-electron chi connectivity index (χ0n) is 14.9. The molecule has 2 heterocycles. The van der Waals surface area contributed by atoms with Crippen molar-refractivity contribution in [3.63, 3.8) is 0 Å². The largest absolute Gasteiger partial charge is 0.466 e. The number of esters is 1. The van der Waals surface area contributed by atoms with E-state index in [2.05, 4.69) is 0 Å². The Hall–Kier alpha value is -2.09. The molecule has 0 bridgehead atoms. The molecule has 1 amide bonds. The molecular weight excluding hydrogens is 356 g/mol. The molecule has 0 aromatic heterocycles. The third kappa shape index (κ3) is 3.85. The van der Waals surface area contributed by atoms with Crippen molar-refractivity contribution in [2.24, 2.45) is 5.92 Å². The number of nitrogens with zero attached hydrogens (tertiary/aromatic N) is 2. The summed E-state index contributed by atoms with van der Waals surface area (Å²) in [4.78, 5) is 26.2. The van der Waals surface area contributed by atoms with Gasteiger partial charge in [-0.3, -0.25) is 13.9 Å². The molecule has 0 radical (unpaired) electrons. The molecule has 7 nitrogen and oxygen atoms in total. The summed E-state index contributed by atoms with van der Waals surface area (Å²) in [5, 5.41) is 0. The lowest BCUT2D eigenvalue weighted by Gasteiger charge is -2.31. The number of sulfonamides is 1. The van der Waals surface area contributed by atoms with Crippen LogP contribution in [-0.2, 0) is 19.6 Å². The van der Waals surface area contributed by atoms with Crippen molar-refractivity contribution in [3.8, 4) is 0 Å². The van der Waals surface area contributed by atoms with Crippen LogP contribution in [0.5, 0.6) is 0 Å². The van der Waals surface area contributed by atoms with Crippen molar-refractivity contribution in [2.45, 2.75) is 26.2 Å². The van der Waals surface area contributed by atoms with Gasteiger partial charge >= 0.3 is 5.97 Å². The van der Waals surface area contributed by atoms with Gasteiger partial charge in [0.05, 0.1) is 24.0 Å². The predicted octanol–water partition coefficient (Wildman–Crippen LogP) is 1.64. The number of piperidine rings is 1. The van der Waals surface area contributed by atoms with E-state index < -0.39 is 10.0 Å². The summed E-state index contributed by atoms with van der Waals surface area (Å²) >= 11 is 0. The molecule has 3 rings (SSSR count). The third-order valence-electron chi connectivity index (χ3n) is 4.90. The Morgan fingerprint density at radius 1 is 1.12 bits per heavy atom. The number of hydrogen-bond donors (Lipinski definition) is 0.